The van der Waals surface area contributed by atoms with E-state index in [0.29, 0.717) is 30.6 Å². The fourth-order valence-electron chi connectivity index (χ4n) is 5.18. The molecule has 0 aromatic heterocycles. The van der Waals surface area contributed by atoms with Crippen molar-refractivity contribution in [2.45, 2.75) is 37.5 Å². The predicted octanol–water partition coefficient (Wildman–Crippen LogP) is 3.18. The van der Waals surface area contributed by atoms with Gasteiger partial charge < -0.3 is 9.64 Å². The third-order valence-electron chi connectivity index (χ3n) is 6.93. The van der Waals surface area contributed by atoms with Gasteiger partial charge in [0, 0.05) is 39.0 Å². The number of halogens is 1. The number of benzene rings is 2. The molecule has 33 heavy (non-hydrogen) atoms. The lowest BCUT2D eigenvalue weighted by molar-refractivity contribution is -0.143. The summed E-state index contributed by atoms with van der Waals surface area (Å²) >= 11 is 0. The molecule has 2 aliphatic heterocycles. The highest BCUT2D eigenvalue weighted by Crippen LogP contribution is 2.42. The number of hydrogen-bond donors (Lipinski definition) is 0. The van der Waals surface area contributed by atoms with E-state index in [9.17, 15) is 18.8 Å². The van der Waals surface area contributed by atoms with E-state index < -0.39 is 5.41 Å². The summed E-state index contributed by atoms with van der Waals surface area (Å²) < 4.78 is 19.3. The van der Waals surface area contributed by atoms with Crippen LogP contribution in [0, 0.1) is 12.7 Å². The van der Waals surface area contributed by atoms with Crippen LogP contribution in [0.3, 0.4) is 0 Å². The number of aryl methyl sites for hydroxylation is 1. The topological polar surface area (TPSA) is 66.9 Å². The largest absolute Gasteiger partial charge is 0.383 e. The van der Waals surface area contributed by atoms with Gasteiger partial charge in [0.1, 0.15) is 5.82 Å². The maximum Gasteiger partial charge on any atom is 0.240 e. The van der Waals surface area contributed by atoms with E-state index in [-0.39, 0.29) is 55.4 Å². The fraction of sp³-hybridized carbons (Fsp3) is 0.423. The average Bonchev–Trinajstić information content (AvgIpc) is 3.37. The number of imide groups is 1. The average molecular weight is 453 g/mol. The maximum absolute atomic E-state index is 14.3. The number of likely N-dealkylation sites (tertiary alicyclic amines) is 2. The van der Waals surface area contributed by atoms with Crippen molar-refractivity contribution in [3.8, 4) is 0 Å². The molecule has 2 aliphatic rings. The molecule has 174 valence electrons. The van der Waals surface area contributed by atoms with Gasteiger partial charge >= 0.3 is 0 Å². The molecular formula is C26H29FN2O4. The molecule has 2 saturated heterocycles. The zero-order valence-corrected chi connectivity index (χ0v) is 19.1. The minimum atomic E-state index is -1.23. The van der Waals surface area contributed by atoms with Crippen LogP contribution in [0.2, 0.25) is 0 Å². The molecule has 0 unspecified atom stereocenters. The predicted molar refractivity (Wildman–Crippen MR) is 121 cm³/mol. The monoisotopic (exact) mass is 452 g/mol. The molecule has 2 atom stereocenters. The van der Waals surface area contributed by atoms with Crippen molar-refractivity contribution >= 4 is 17.7 Å². The Kier molecular flexibility index (Phi) is 6.61. The molecule has 0 saturated carbocycles. The number of hydrogen-bond acceptors (Lipinski definition) is 4. The lowest BCUT2D eigenvalue weighted by atomic mass is 9.74. The Balaban J connectivity index is 1.60. The number of rotatable bonds is 7. The summed E-state index contributed by atoms with van der Waals surface area (Å²) in [4.78, 5) is 42.8. The van der Waals surface area contributed by atoms with Gasteiger partial charge in [0.15, 0.2) is 0 Å². The molecule has 2 heterocycles. The van der Waals surface area contributed by atoms with Crippen molar-refractivity contribution in [1.29, 1.82) is 0 Å². The van der Waals surface area contributed by atoms with Gasteiger partial charge in [-0.2, -0.15) is 0 Å². The van der Waals surface area contributed by atoms with Gasteiger partial charge in [-0.3, -0.25) is 19.3 Å². The highest BCUT2D eigenvalue weighted by molar-refractivity contribution is 6.11. The van der Waals surface area contributed by atoms with Crippen molar-refractivity contribution in [2.75, 3.05) is 33.4 Å². The van der Waals surface area contributed by atoms with E-state index >= 15 is 0 Å². The first kappa shape index (κ1) is 23.1. The van der Waals surface area contributed by atoms with E-state index in [0.717, 1.165) is 5.56 Å². The van der Waals surface area contributed by atoms with Crippen LogP contribution in [-0.4, -0.2) is 60.9 Å². The second kappa shape index (κ2) is 9.43. The Hall–Kier alpha value is -3.06. The summed E-state index contributed by atoms with van der Waals surface area (Å²) in [6.45, 7) is 3.19. The number of ether oxygens (including phenoxy) is 1. The highest BCUT2D eigenvalue weighted by atomic mass is 19.1. The molecule has 0 aliphatic carbocycles. The minimum absolute atomic E-state index is 0.0449. The molecule has 2 aromatic carbocycles. The Morgan fingerprint density at radius 2 is 1.88 bits per heavy atom. The van der Waals surface area contributed by atoms with Crippen LogP contribution in [0.1, 0.15) is 41.9 Å². The van der Waals surface area contributed by atoms with Crippen LogP contribution < -0.4 is 0 Å². The van der Waals surface area contributed by atoms with E-state index in [2.05, 4.69) is 0 Å². The van der Waals surface area contributed by atoms with Crippen molar-refractivity contribution < 1.29 is 23.5 Å². The van der Waals surface area contributed by atoms with Gasteiger partial charge in [-0.25, -0.2) is 4.39 Å². The molecule has 4 rings (SSSR count). The van der Waals surface area contributed by atoms with E-state index in [1.54, 1.807) is 23.1 Å². The number of carbonyl (C=O) groups excluding carboxylic acids is 3. The van der Waals surface area contributed by atoms with Gasteiger partial charge in [0.25, 0.3) is 0 Å². The van der Waals surface area contributed by atoms with Crippen molar-refractivity contribution in [3.05, 3.63) is 71.0 Å². The zero-order valence-electron chi connectivity index (χ0n) is 19.1. The maximum atomic E-state index is 14.3. The molecular weight excluding hydrogens is 423 g/mol. The lowest BCUT2D eigenvalue weighted by Crippen LogP contribution is -2.44. The van der Waals surface area contributed by atoms with Crippen LogP contribution in [-0.2, 0) is 24.5 Å². The lowest BCUT2D eigenvalue weighted by Gasteiger charge is -2.30. The van der Waals surface area contributed by atoms with Gasteiger partial charge in [0.2, 0.25) is 17.7 Å². The third-order valence-corrected chi connectivity index (χ3v) is 6.93. The first-order valence-corrected chi connectivity index (χ1v) is 11.3. The van der Waals surface area contributed by atoms with Gasteiger partial charge in [-0.1, -0.05) is 42.5 Å². The second-order valence-electron chi connectivity index (χ2n) is 8.94. The smallest absolute Gasteiger partial charge is 0.240 e. The molecule has 0 bridgehead atoms. The Morgan fingerprint density at radius 1 is 1.15 bits per heavy atom. The summed E-state index contributed by atoms with van der Waals surface area (Å²) in [7, 11) is 1.52. The molecule has 2 fully saturated rings. The molecule has 6 nitrogen and oxygen atoms in total. The van der Waals surface area contributed by atoms with Crippen LogP contribution in [0.25, 0.3) is 0 Å². The summed E-state index contributed by atoms with van der Waals surface area (Å²) in [5, 5.41) is 0. The van der Waals surface area contributed by atoms with Gasteiger partial charge in [-0.15, -0.1) is 0 Å². The second-order valence-corrected chi connectivity index (χ2v) is 8.94. The van der Waals surface area contributed by atoms with Crippen molar-refractivity contribution in [2.24, 2.45) is 0 Å². The van der Waals surface area contributed by atoms with Crippen molar-refractivity contribution in [3.63, 3.8) is 0 Å². The SMILES string of the molecule is COCCN1C(=O)C[C@](CC(=O)N2CC[C@H](c3ccccc3F)C2)(c2ccccc2C)C1=O. The van der Waals surface area contributed by atoms with Crippen LogP contribution in [0.15, 0.2) is 48.5 Å². The number of amides is 3. The summed E-state index contributed by atoms with van der Waals surface area (Å²) in [6.07, 6.45) is 0.531. The normalized spacial score (nSPS) is 22.9. The summed E-state index contributed by atoms with van der Waals surface area (Å²) in [6, 6.07) is 14.1. The summed E-state index contributed by atoms with van der Waals surface area (Å²) in [5.74, 6) is -1.18. The van der Waals surface area contributed by atoms with E-state index in [1.165, 1.54) is 18.1 Å². The fourth-order valence-corrected chi connectivity index (χ4v) is 5.18. The minimum Gasteiger partial charge on any atom is -0.383 e. The van der Waals surface area contributed by atoms with E-state index in [4.69, 9.17) is 4.74 Å². The first-order chi connectivity index (χ1) is 15.9. The third kappa shape index (κ3) is 4.29. The van der Waals surface area contributed by atoms with E-state index in [1.807, 2.05) is 31.2 Å². The van der Waals surface area contributed by atoms with Crippen LogP contribution in [0.5, 0.6) is 0 Å². The summed E-state index contributed by atoms with van der Waals surface area (Å²) in [5.41, 5.74) is 0.954. The Morgan fingerprint density at radius 3 is 2.61 bits per heavy atom. The molecule has 0 spiro atoms. The molecule has 3 amide bonds. The highest BCUT2D eigenvalue weighted by Gasteiger charge is 2.54. The Bertz CT molecular complexity index is 1070. The number of nitrogens with zero attached hydrogens (tertiary/aromatic N) is 2. The zero-order chi connectivity index (χ0) is 23.6. The molecule has 0 radical (unpaired) electrons. The number of carbonyl (C=O) groups is 3. The molecule has 0 N–H and O–H groups in total. The van der Waals surface area contributed by atoms with Crippen LogP contribution >= 0.6 is 0 Å². The van der Waals surface area contributed by atoms with Crippen molar-refractivity contribution in [1.82, 2.24) is 9.80 Å². The standard InChI is InChI=1S/C26H29FN2O4/c1-18-7-3-5-9-21(18)26(16-24(31)29(25(26)32)13-14-33-2)15-23(30)28-12-11-19(17-28)20-8-4-6-10-22(20)27/h3-10,19H,11-17H2,1-2H3/t19-,26+/m0/s1. The Labute approximate surface area is 193 Å². The molecule has 7 heteroatoms. The van der Waals surface area contributed by atoms with Gasteiger partial charge in [-0.05, 0) is 36.1 Å². The quantitative estimate of drug-likeness (QED) is 0.606. The number of methoxy groups -OCH3 is 1. The first-order valence-electron chi connectivity index (χ1n) is 11.3. The van der Waals surface area contributed by atoms with Gasteiger partial charge in [0.05, 0.1) is 18.6 Å². The molecule has 2 aromatic rings. The van der Waals surface area contributed by atoms with Crippen LogP contribution in [0.4, 0.5) is 4.39 Å².